The third kappa shape index (κ3) is 3.25. The van der Waals surface area contributed by atoms with Crippen LogP contribution in [0.15, 0.2) is 15.7 Å². The van der Waals surface area contributed by atoms with Crippen molar-refractivity contribution in [2.24, 2.45) is 0 Å². The Kier molecular flexibility index (Phi) is 4.56. The molecule has 0 aliphatic carbocycles. The number of rotatable bonds is 0. The van der Waals surface area contributed by atoms with Crippen LogP contribution in [0.3, 0.4) is 0 Å². The number of aromatic nitrogens is 2. The molecule has 0 spiro atoms. The normalized spacial score (nSPS) is 8.00. The standard InChI is InChI=1S/C4H3N2O2.Rb/c7-3-1-2-5-4(8)6-3;/h1H,(H2,5,6,7,8);/q-1;+1. The Labute approximate surface area is 99.5 Å². The predicted molar refractivity (Wildman–Crippen MR) is 26.5 cm³/mol. The Balaban J connectivity index is 0.000000640. The monoisotopic (exact) mass is 196 g/mol. The van der Waals surface area contributed by atoms with Crippen molar-refractivity contribution in [1.82, 2.24) is 9.97 Å². The second-order valence-corrected chi connectivity index (χ2v) is 1.23. The van der Waals surface area contributed by atoms with Gasteiger partial charge in [-0.15, -0.1) is 0 Å². The third-order valence-electron chi connectivity index (χ3n) is 0.626. The molecule has 42 valence electrons. The molecule has 0 saturated heterocycles. The first-order valence-electron chi connectivity index (χ1n) is 1.99. The van der Waals surface area contributed by atoms with E-state index in [4.69, 9.17) is 0 Å². The van der Waals surface area contributed by atoms with Crippen molar-refractivity contribution in [3.05, 3.63) is 33.1 Å². The summed E-state index contributed by atoms with van der Waals surface area (Å²) in [6.45, 7) is 0. The molecule has 4 nitrogen and oxygen atoms in total. The number of H-pyrrole nitrogens is 2. The molecular formula is C4H3N2O2Rb. The van der Waals surface area contributed by atoms with Gasteiger partial charge in [0.2, 0.25) is 5.69 Å². The van der Waals surface area contributed by atoms with Gasteiger partial charge in [-0.2, -0.15) is 0 Å². The van der Waals surface area contributed by atoms with E-state index in [2.05, 4.69) is 11.2 Å². The zero-order chi connectivity index (χ0) is 5.98. The van der Waals surface area contributed by atoms with Gasteiger partial charge < -0.3 is 19.6 Å². The number of hydrogen-bond donors (Lipinski definition) is 2. The quantitative estimate of drug-likeness (QED) is 0.414. The summed E-state index contributed by atoms with van der Waals surface area (Å²) in [6.07, 6.45) is 2.25. The molecule has 0 saturated carbocycles. The van der Waals surface area contributed by atoms with Crippen molar-refractivity contribution in [2.75, 3.05) is 0 Å². The van der Waals surface area contributed by atoms with Gasteiger partial charge in [0.1, 0.15) is 5.56 Å². The summed E-state index contributed by atoms with van der Waals surface area (Å²) in [7, 11) is 0. The largest absolute Gasteiger partial charge is 1.00 e. The van der Waals surface area contributed by atoms with E-state index in [1.54, 1.807) is 0 Å². The van der Waals surface area contributed by atoms with Crippen LogP contribution in [0.25, 0.3) is 0 Å². The molecule has 2 N–H and O–H groups in total. The van der Waals surface area contributed by atoms with Crippen LogP contribution in [0.5, 0.6) is 0 Å². The number of aromatic amines is 2. The van der Waals surface area contributed by atoms with Crippen LogP contribution < -0.4 is 69.4 Å². The smallest absolute Gasteiger partial charge is 0.422 e. The van der Waals surface area contributed by atoms with Crippen LogP contribution in [0.2, 0.25) is 0 Å². The Hall–Kier alpha value is 0.485. The zero-order valence-corrected chi connectivity index (χ0v) is 9.81. The number of hydrogen-bond acceptors (Lipinski definition) is 2. The van der Waals surface area contributed by atoms with E-state index in [0.29, 0.717) is 0 Å². The molecular weight excluding hydrogens is 194 g/mol. The van der Waals surface area contributed by atoms with Gasteiger partial charge in [0.25, 0.3) is 0 Å². The Morgan fingerprint density at radius 3 is 2.44 bits per heavy atom. The van der Waals surface area contributed by atoms with E-state index >= 15 is 0 Å². The van der Waals surface area contributed by atoms with E-state index in [1.165, 1.54) is 0 Å². The van der Waals surface area contributed by atoms with Gasteiger partial charge in [0.05, 0.1) is 0 Å². The summed E-state index contributed by atoms with van der Waals surface area (Å²) in [4.78, 5) is 24.4. The van der Waals surface area contributed by atoms with Crippen molar-refractivity contribution in [3.63, 3.8) is 0 Å². The summed E-state index contributed by atoms with van der Waals surface area (Å²) in [6, 6.07) is 1.11. The molecule has 1 rings (SSSR count). The summed E-state index contributed by atoms with van der Waals surface area (Å²) in [5.74, 6) is 0. The second kappa shape index (κ2) is 4.32. The van der Waals surface area contributed by atoms with Crippen LogP contribution in [0.4, 0.5) is 0 Å². The van der Waals surface area contributed by atoms with Crippen molar-refractivity contribution in [2.45, 2.75) is 0 Å². The summed E-state index contributed by atoms with van der Waals surface area (Å²) in [5, 5.41) is 0. The summed E-state index contributed by atoms with van der Waals surface area (Å²) >= 11 is 0. The van der Waals surface area contributed by atoms with Gasteiger partial charge in [-0.25, -0.2) is 0 Å². The molecule has 0 amide bonds. The van der Waals surface area contributed by atoms with E-state index < -0.39 is 11.2 Å². The first-order chi connectivity index (χ1) is 3.79. The van der Waals surface area contributed by atoms with Crippen molar-refractivity contribution >= 4 is 0 Å². The Morgan fingerprint density at radius 2 is 2.11 bits per heavy atom. The molecule has 1 heterocycles. The van der Waals surface area contributed by atoms with Crippen LogP contribution in [0.1, 0.15) is 0 Å². The van der Waals surface area contributed by atoms with E-state index in [-0.39, 0.29) is 58.2 Å². The minimum atomic E-state index is -0.530. The van der Waals surface area contributed by atoms with E-state index in [1.807, 2.05) is 4.98 Å². The first-order valence-corrected chi connectivity index (χ1v) is 1.99. The average molecular weight is 197 g/mol. The second-order valence-electron chi connectivity index (χ2n) is 1.23. The molecule has 0 atom stereocenters. The Bertz CT molecular complexity index is 251. The van der Waals surface area contributed by atoms with Crippen LogP contribution in [0, 0.1) is 6.20 Å². The van der Waals surface area contributed by atoms with Gasteiger partial charge in [0, 0.05) is 0 Å². The fraction of sp³-hybridized carbons (Fsp3) is 0. The van der Waals surface area contributed by atoms with Gasteiger partial charge >= 0.3 is 58.2 Å². The maximum atomic E-state index is 10.2. The van der Waals surface area contributed by atoms with Crippen LogP contribution in [-0.4, -0.2) is 9.97 Å². The van der Waals surface area contributed by atoms with Gasteiger partial charge in [-0.3, -0.25) is 0 Å². The predicted octanol–water partition coefficient (Wildman–Crippen LogP) is -4.13. The maximum absolute atomic E-state index is 10.2. The van der Waals surface area contributed by atoms with Gasteiger partial charge in [0.15, 0.2) is 0 Å². The van der Waals surface area contributed by atoms with Crippen molar-refractivity contribution in [1.29, 1.82) is 0 Å². The first kappa shape index (κ1) is 9.49. The SMILES string of the molecule is O=c1c[c-][nH]c(=O)[nH]1.[Rb+]. The average Bonchev–Trinajstić information content (AvgIpc) is 1.64. The van der Waals surface area contributed by atoms with Crippen molar-refractivity contribution < 1.29 is 58.2 Å². The minimum absolute atomic E-state index is 0. The fourth-order valence-corrected chi connectivity index (χ4v) is 0.346. The van der Waals surface area contributed by atoms with Crippen LogP contribution in [-0.2, 0) is 0 Å². The molecule has 1 aromatic rings. The summed E-state index contributed by atoms with van der Waals surface area (Å²) < 4.78 is 0. The van der Waals surface area contributed by atoms with E-state index in [0.717, 1.165) is 6.07 Å². The minimum Gasteiger partial charge on any atom is -0.422 e. The maximum Gasteiger partial charge on any atom is 1.00 e. The summed E-state index contributed by atoms with van der Waals surface area (Å²) in [5.41, 5.74) is -0.966. The van der Waals surface area contributed by atoms with Crippen LogP contribution >= 0.6 is 0 Å². The zero-order valence-electron chi connectivity index (χ0n) is 4.89. The third-order valence-corrected chi connectivity index (χ3v) is 0.626. The molecule has 0 fully saturated rings. The molecule has 0 bridgehead atoms. The molecule has 0 aliphatic rings. The molecule has 0 unspecified atom stereocenters. The van der Waals surface area contributed by atoms with Gasteiger partial charge in [-0.05, 0) is 0 Å². The van der Waals surface area contributed by atoms with Gasteiger partial charge in [-0.1, -0.05) is 12.3 Å². The molecule has 1 aromatic heterocycles. The van der Waals surface area contributed by atoms with E-state index in [9.17, 15) is 9.59 Å². The molecule has 0 aromatic carbocycles. The molecule has 0 radical (unpaired) electrons. The van der Waals surface area contributed by atoms with Crippen molar-refractivity contribution in [3.8, 4) is 0 Å². The topological polar surface area (TPSA) is 65.7 Å². The molecule has 5 heteroatoms. The molecule has 9 heavy (non-hydrogen) atoms. The number of nitrogens with one attached hydrogen (secondary N) is 2. The fourth-order valence-electron chi connectivity index (χ4n) is 0.346. The molecule has 0 aliphatic heterocycles. The Morgan fingerprint density at radius 1 is 1.44 bits per heavy atom.